The molecule has 150 valence electrons. The number of halogens is 1. The topological polar surface area (TPSA) is 84.9 Å². The fourth-order valence-electron chi connectivity index (χ4n) is 2.76. The number of hydrogen-bond donors (Lipinski definition) is 1. The number of rotatable bonds is 6. The van der Waals surface area contributed by atoms with E-state index in [9.17, 15) is 17.6 Å². The highest BCUT2D eigenvalue weighted by atomic mass is 32.2. The molecule has 1 fully saturated rings. The SMILES string of the molecule is Cc1ccccc1OCC(=O)Nc1ccc(F)c(S(=O)(=O)N2CCOCC2)c1. The average molecular weight is 408 g/mol. The molecule has 1 aliphatic heterocycles. The number of carbonyl (C=O) groups excluding carboxylic acids is 1. The summed E-state index contributed by atoms with van der Waals surface area (Å²) in [4.78, 5) is 11.7. The third-order valence-electron chi connectivity index (χ3n) is 4.26. The van der Waals surface area contributed by atoms with Crippen LogP contribution in [-0.2, 0) is 19.6 Å². The van der Waals surface area contributed by atoms with Crippen LogP contribution in [0, 0.1) is 12.7 Å². The van der Waals surface area contributed by atoms with E-state index in [1.807, 2.05) is 19.1 Å². The van der Waals surface area contributed by atoms with E-state index in [1.54, 1.807) is 12.1 Å². The van der Waals surface area contributed by atoms with Crippen molar-refractivity contribution in [2.45, 2.75) is 11.8 Å². The molecule has 0 aliphatic carbocycles. The van der Waals surface area contributed by atoms with Crippen molar-refractivity contribution in [1.82, 2.24) is 4.31 Å². The van der Waals surface area contributed by atoms with Crippen molar-refractivity contribution < 1.29 is 27.1 Å². The van der Waals surface area contributed by atoms with Crippen molar-refractivity contribution >= 4 is 21.6 Å². The van der Waals surface area contributed by atoms with Crippen molar-refractivity contribution in [3.8, 4) is 5.75 Å². The third-order valence-corrected chi connectivity index (χ3v) is 6.17. The van der Waals surface area contributed by atoms with Gasteiger partial charge < -0.3 is 14.8 Å². The number of amides is 1. The number of hydrogen-bond acceptors (Lipinski definition) is 5. The summed E-state index contributed by atoms with van der Waals surface area (Å²) in [6, 6.07) is 10.7. The van der Waals surface area contributed by atoms with Crippen LogP contribution in [0.25, 0.3) is 0 Å². The Hall–Kier alpha value is -2.49. The summed E-state index contributed by atoms with van der Waals surface area (Å²) >= 11 is 0. The summed E-state index contributed by atoms with van der Waals surface area (Å²) < 4.78 is 51.3. The first-order valence-corrected chi connectivity index (χ1v) is 10.2. The third kappa shape index (κ3) is 4.67. The number of nitrogens with zero attached hydrogens (tertiary/aromatic N) is 1. The second-order valence-corrected chi connectivity index (χ2v) is 8.17. The molecule has 0 radical (unpaired) electrons. The van der Waals surface area contributed by atoms with Crippen LogP contribution in [0.15, 0.2) is 47.4 Å². The van der Waals surface area contributed by atoms with Gasteiger partial charge in [0.2, 0.25) is 10.0 Å². The van der Waals surface area contributed by atoms with Gasteiger partial charge in [0.15, 0.2) is 6.61 Å². The Balaban J connectivity index is 1.70. The summed E-state index contributed by atoms with van der Waals surface area (Å²) in [5.74, 6) is -0.780. The highest BCUT2D eigenvalue weighted by molar-refractivity contribution is 7.89. The van der Waals surface area contributed by atoms with Gasteiger partial charge in [-0.25, -0.2) is 12.8 Å². The molecule has 1 amide bonds. The molecule has 28 heavy (non-hydrogen) atoms. The molecule has 0 saturated carbocycles. The zero-order valence-corrected chi connectivity index (χ0v) is 16.2. The molecule has 2 aromatic rings. The molecule has 0 bridgehead atoms. The van der Waals surface area contributed by atoms with Gasteiger partial charge in [-0.3, -0.25) is 4.79 Å². The van der Waals surface area contributed by atoms with E-state index in [0.717, 1.165) is 17.7 Å². The number of carbonyl (C=O) groups is 1. The van der Waals surface area contributed by atoms with E-state index in [1.165, 1.54) is 10.4 Å². The molecule has 3 rings (SSSR count). The summed E-state index contributed by atoms with van der Waals surface area (Å²) in [6.45, 7) is 2.43. The Morgan fingerprint density at radius 2 is 1.93 bits per heavy atom. The summed E-state index contributed by atoms with van der Waals surface area (Å²) in [7, 11) is -4.02. The van der Waals surface area contributed by atoms with E-state index >= 15 is 0 Å². The minimum Gasteiger partial charge on any atom is -0.483 e. The zero-order chi connectivity index (χ0) is 20.1. The number of ether oxygens (including phenoxy) is 2. The summed E-state index contributed by atoms with van der Waals surface area (Å²) in [6.07, 6.45) is 0. The number of benzene rings is 2. The van der Waals surface area contributed by atoms with Gasteiger partial charge in [-0.15, -0.1) is 0 Å². The number of para-hydroxylation sites is 1. The summed E-state index contributed by atoms with van der Waals surface area (Å²) in [5.41, 5.74) is 1.06. The van der Waals surface area contributed by atoms with E-state index in [2.05, 4.69) is 5.32 Å². The van der Waals surface area contributed by atoms with Crippen molar-refractivity contribution in [3.05, 3.63) is 53.8 Å². The number of sulfonamides is 1. The quantitative estimate of drug-likeness (QED) is 0.792. The lowest BCUT2D eigenvalue weighted by atomic mass is 10.2. The molecule has 1 heterocycles. The van der Waals surface area contributed by atoms with Crippen LogP contribution in [0.4, 0.5) is 10.1 Å². The predicted molar refractivity (Wildman–Crippen MR) is 101 cm³/mol. The molecule has 9 heteroatoms. The Bertz CT molecular complexity index is 959. The molecule has 0 aromatic heterocycles. The average Bonchev–Trinajstić information content (AvgIpc) is 2.69. The molecule has 0 atom stereocenters. The molecule has 1 aliphatic rings. The maximum Gasteiger partial charge on any atom is 0.262 e. The van der Waals surface area contributed by atoms with Gasteiger partial charge in [-0.1, -0.05) is 18.2 Å². The molecule has 1 N–H and O–H groups in total. The predicted octanol–water partition coefficient (Wildman–Crippen LogP) is 2.17. The van der Waals surface area contributed by atoms with Gasteiger partial charge >= 0.3 is 0 Å². The highest BCUT2D eigenvalue weighted by Crippen LogP contribution is 2.24. The molecule has 7 nitrogen and oxygen atoms in total. The van der Waals surface area contributed by atoms with E-state index in [-0.39, 0.29) is 38.6 Å². The second-order valence-electron chi connectivity index (χ2n) is 6.26. The van der Waals surface area contributed by atoms with Gasteiger partial charge in [0, 0.05) is 18.8 Å². The van der Waals surface area contributed by atoms with Crippen LogP contribution < -0.4 is 10.1 Å². The zero-order valence-electron chi connectivity index (χ0n) is 15.4. The van der Waals surface area contributed by atoms with Crippen LogP contribution in [0.1, 0.15) is 5.56 Å². The number of nitrogens with one attached hydrogen (secondary N) is 1. The van der Waals surface area contributed by atoms with Crippen LogP contribution in [-0.4, -0.2) is 51.5 Å². The number of morpholine rings is 1. The fourth-order valence-corrected chi connectivity index (χ4v) is 4.26. The van der Waals surface area contributed by atoms with Crippen molar-refractivity contribution in [3.63, 3.8) is 0 Å². The second kappa shape index (κ2) is 8.68. The molecular formula is C19H21FN2O5S. The molecular weight excluding hydrogens is 387 g/mol. The molecule has 0 unspecified atom stereocenters. The first-order valence-electron chi connectivity index (χ1n) is 8.73. The summed E-state index contributed by atoms with van der Waals surface area (Å²) in [5, 5.41) is 2.54. The van der Waals surface area contributed by atoms with Gasteiger partial charge in [-0.2, -0.15) is 4.31 Å². The highest BCUT2D eigenvalue weighted by Gasteiger charge is 2.29. The van der Waals surface area contributed by atoms with Crippen LogP contribution >= 0.6 is 0 Å². The minimum absolute atomic E-state index is 0.155. The van der Waals surface area contributed by atoms with Crippen LogP contribution in [0.3, 0.4) is 0 Å². The largest absolute Gasteiger partial charge is 0.483 e. The van der Waals surface area contributed by atoms with Gasteiger partial charge in [0.25, 0.3) is 5.91 Å². The van der Waals surface area contributed by atoms with E-state index < -0.39 is 26.6 Å². The molecule has 0 spiro atoms. The van der Waals surface area contributed by atoms with Crippen molar-refractivity contribution in [2.24, 2.45) is 0 Å². The maximum absolute atomic E-state index is 14.2. The lowest BCUT2D eigenvalue weighted by Gasteiger charge is -2.26. The Morgan fingerprint density at radius 1 is 1.21 bits per heavy atom. The monoisotopic (exact) mass is 408 g/mol. The maximum atomic E-state index is 14.2. The first kappa shape index (κ1) is 20.2. The Morgan fingerprint density at radius 3 is 2.64 bits per heavy atom. The van der Waals surface area contributed by atoms with Crippen molar-refractivity contribution in [2.75, 3.05) is 38.2 Å². The standard InChI is InChI=1S/C19H21FN2O5S/c1-14-4-2-3-5-17(14)27-13-19(23)21-15-6-7-16(20)18(12-15)28(24,25)22-8-10-26-11-9-22/h2-7,12H,8-11,13H2,1H3,(H,21,23). The number of aryl methyl sites for hydroxylation is 1. The first-order chi connectivity index (χ1) is 13.4. The van der Waals surface area contributed by atoms with Crippen LogP contribution in [0.5, 0.6) is 5.75 Å². The fraction of sp³-hybridized carbons (Fsp3) is 0.316. The molecule has 2 aromatic carbocycles. The van der Waals surface area contributed by atoms with E-state index in [0.29, 0.717) is 5.75 Å². The van der Waals surface area contributed by atoms with E-state index in [4.69, 9.17) is 9.47 Å². The lowest BCUT2D eigenvalue weighted by Crippen LogP contribution is -2.40. The van der Waals surface area contributed by atoms with Gasteiger partial charge in [0.05, 0.1) is 13.2 Å². The molecule has 1 saturated heterocycles. The van der Waals surface area contributed by atoms with Crippen LogP contribution in [0.2, 0.25) is 0 Å². The normalized spacial score (nSPS) is 15.2. The minimum atomic E-state index is -4.02. The van der Waals surface area contributed by atoms with Gasteiger partial charge in [-0.05, 0) is 36.8 Å². The van der Waals surface area contributed by atoms with Crippen molar-refractivity contribution in [1.29, 1.82) is 0 Å². The smallest absolute Gasteiger partial charge is 0.262 e. The Labute approximate surface area is 163 Å². The Kier molecular flexibility index (Phi) is 6.28. The van der Waals surface area contributed by atoms with Gasteiger partial charge in [0.1, 0.15) is 16.5 Å². The lowest BCUT2D eigenvalue weighted by molar-refractivity contribution is -0.118. The number of anilines is 1.